The van der Waals surface area contributed by atoms with E-state index in [1.165, 1.54) is 24.4 Å². The van der Waals surface area contributed by atoms with Gasteiger partial charge in [0.1, 0.15) is 23.4 Å². The Hall–Kier alpha value is -3.14. The molecule has 0 unspecified atom stereocenters. The van der Waals surface area contributed by atoms with Crippen molar-refractivity contribution in [1.82, 2.24) is 10.3 Å². The van der Waals surface area contributed by atoms with Gasteiger partial charge in [0.15, 0.2) is 0 Å². The maximum Gasteiger partial charge on any atom is 0.256 e. The first-order valence-corrected chi connectivity index (χ1v) is 8.79. The Bertz CT molecular complexity index is 887. The van der Waals surface area contributed by atoms with Gasteiger partial charge in [0.2, 0.25) is 0 Å². The summed E-state index contributed by atoms with van der Waals surface area (Å²) in [7, 11) is 0. The van der Waals surface area contributed by atoms with E-state index in [1.807, 2.05) is 6.07 Å². The predicted octanol–water partition coefficient (Wildman–Crippen LogP) is 3.23. The van der Waals surface area contributed by atoms with E-state index < -0.39 is 11.7 Å². The second kappa shape index (κ2) is 8.04. The fourth-order valence-electron chi connectivity index (χ4n) is 3.15. The minimum Gasteiger partial charge on any atom is -0.506 e. The number of aryl methyl sites for hydroxylation is 1. The fraction of sp³-hybridized carbons (Fsp3) is 0.350. The third-order valence-corrected chi connectivity index (χ3v) is 4.64. The van der Waals surface area contributed by atoms with Crippen LogP contribution in [0.4, 0.5) is 4.39 Å². The Morgan fingerprint density at radius 3 is 2.70 bits per heavy atom. The van der Waals surface area contributed by atoms with Crippen LogP contribution in [0.3, 0.4) is 0 Å². The van der Waals surface area contributed by atoms with Crippen LogP contribution < -0.4 is 10.1 Å². The van der Waals surface area contributed by atoms with Gasteiger partial charge in [0.05, 0.1) is 17.2 Å². The topological polar surface area (TPSA) is 95.2 Å². The number of nitrogens with one attached hydrogen (secondary N) is 1. The Morgan fingerprint density at radius 2 is 2.07 bits per heavy atom. The van der Waals surface area contributed by atoms with Gasteiger partial charge in [-0.05, 0) is 50.8 Å². The number of hydrogen-bond donors (Lipinski definition) is 2. The van der Waals surface area contributed by atoms with Crippen molar-refractivity contribution in [3.05, 3.63) is 53.1 Å². The highest BCUT2D eigenvalue weighted by Gasteiger charge is 2.25. The minimum atomic E-state index is -0.572. The highest BCUT2D eigenvalue weighted by Crippen LogP contribution is 2.28. The van der Waals surface area contributed by atoms with Crippen LogP contribution in [0.5, 0.6) is 11.5 Å². The molecule has 2 aromatic rings. The molecule has 1 aliphatic rings. The van der Waals surface area contributed by atoms with Gasteiger partial charge in [-0.3, -0.25) is 9.78 Å². The van der Waals surface area contributed by atoms with Gasteiger partial charge >= 0.3 is 0 Å². The lowest BCUT2D eigenvalue weighted by atomic mass is 9.92. The standard InChI is InChI=1S/C20H20FN3O3/c1-12-8-18(21)17(11-23-12)20(26)24-14-3-6-15(7-4-14)27-16-5-2-13(10-22)19(25)9-16/h2,5,8-9,11,14-15,25H,3-4,6-7H2,1H3,(H,24,26)/t14-,15-. The third kappa shape index (κ3) is 4.53. The van der Waals surface area contributed by atoms with Crippen molar-refractivity contribution >= 4 is 5.91 Å². The quantitative estimate of drug-likeness (QED) is 0.863. The number of ether oxygens (including phenoxy) is 1. The fourth-order valence-corrected chi connectivity index (χ4v) is 3.15. The van der Waals surface area contributed by atoms with Crippen molar-refractivity contribution in [3.63, 3.8) is 0 Å². The molecule has 0 bridgehead atoms. The van der Waals surface area contributed by atoms with Gasteiger partial charge < -0.3 is 15.2 Å². The van der Waals surface area contributed by atoms with Gasteiger partial charge in [0.25, 0.3) is 5.91 Å². The molecule has 6 nitrogen and oxygen atoms in total. The summed E-state index contributed by atoms with van der Waals surface area (Å²) < 4.78 is 19.7. The maximum absolute atomic E-state index is 13.9. The molecule has 0 aliphatic heterocycles. The van der Waals surface area contributed by atoms with E-state index in [0.717, 1.165) is 12.8 Å². The summed E-state index contributed by atoms with van der Waals surface area (Å²) in [5, 5.41) is 21.4. The highest BCUT2D eigenvalue weighted by molar-refractivity contribution is 5.94. The van der Waals surface area contributed by atoms with Crippen LogP contribution in [0.15, 0.2) is 30.5 Å². The van der Waals surface area contributed by atoms with Gasteiger partial charge in [-0.25, -0.2) is 4.39 Å². The number of benzene rings is 1. The first kappa shape index (κ1) is 18.6. The lowest BCUT2D eigenvalue weighted by Crippen LogP contribution is -2.40. The number of rotatable bonds is 4. The average Bonchev–Trinajstić information content (AvgIpc) is 2.63. The molecule has 1 aromatic heterocycles. The second-order valence-corrected chi connectivity index (χ2v) is 6.66. The van der Waals surface area contributed by atoms with E-state index in [4.69, 9.17) is 10.00 Å². The molecule has 0 radical (unpaired) electrons. The number of halogens is 1. The van der Waals surface area contributed by atoms with E-state index in [-0.39, 0.29) is 29.0 Å². The third-order valence-electron chi connectivity index (χ3n) is 4.64. The monoisotopic (exact) mass is 369 g/mol. The summed E-state index contributed by atoms with van der Waals surface area (Å²) in [5.74, 6) is -0.629. The molecular weight excluding hydrogens is 349 g/mol. The van der Waals surface area contributed by atoms with Crippen LogP contribution in [0, 0.1) is 24.1 Å². The van der Waals surface area contributed by atoms with Crippen molar-refractivity contribution in [2.24, 2.45) is 0 Å². The molecule has 1 saturated carbocycles. The maximum atomic E-state index is 13.9. The zero-order valence-electron chi connectivity index (χ0n) is 14.9. The molecule has 1 amide bonds. The molecule has 140 valence electrons. The van der Waals surface area contributed by atoms with Crippen molar-refractivity contribution in [3.8, 4) is 17.6 Å². The highest BCUT2D eigenvalue weighted by atomic mass is 19.1. The number of carbonyl (C=O) groups excluding carboxylic acids is 1. The molecule has 0 atom stereocenters. The Labute approximate surface area is 156 Å². The largest absolute Gasteiger partial charge is 0.506 e. The second-order valence-electron chi connectivity index (χ2n) is 6.66. The van der Waals surface area contributed by atoms with Gasteiger partial charge in [-0.15, -0.1) is 0 Å². The SMILES string of the molecule is Cc1cc(F)c(C(=O)N[C@H]2CC[C@H](Oc3ccc(C#N)c(O)c3)CC2)cn1. The molecule has 2 N–H and O–H groups in total. The number of carbonyl (C=O) groups is 1. The molecule has 0 saturated heterocycles. The molecular formula is C20H20FN3O3. The van der Waals surface area contributed by atoms with Crippen LogP contribution >= 0.6 is 0 Å². The number of amides is 1. The van der Waals surface area contributed by atoms with Crippen LogP contribution in [0.25, 0.3) is 0 Å². The number of aromatic nitrogens is 1. The number of phenolic OH excluding ortho intramolecular Hbond substituents is 1. The van der Waals surface area contributed by atoms with E-state index in [2.05, 4.69) is 10.3 Å². The number of hydrogen-bond acceptors (Lipinski definition) is 5. The van der Waals surface area contributed by atoms with Gasteiger partial charge in [-0.1, -0.05) is 0 Å². The molecule has 27 heavy (non-hydrogen) atoms. The molecule has 7 heteroatoms. The van der Waals surface area contributed by atoms with Crippen LogP contribution in [-0.2, 0) is 0 Å². The van der Waals surface area contributed by atoms with Crippen molar-refractivity contribution in [2.45, 2.75) is 44.8 Å². The van der Waals surface area contributed by atoms with Gasteiger partial charge in [0, 0.05) is 24.0 Å². The van der Waals surface area contributed by atoms with Crippen molar-refractivity contribution in [2.75, 3.05) is 0 Å². The smallest absolute Gasteiger partial charge is 0.256 e. The molecule has 0 spiro atoms. The summed E-state index contributed by atoms with van der Waals surface area (Å²) in [6, 6.07) is 7.68. The van der Waals surface area contributed by atoms with E-state index in [0.29, 0.717) is 24.3 Å². The van der Waals surface area contributed by atoms with Crippen LogP contribution in [0.2, 0.25) is 0 Å². The zero-order chi connectivity index (χ0) is 19.4. The van der Waals surface area contributed by atoms with Crippen molar-refractivity contribution < 1.29 is 19.0 Å². The molecule has 1 aliphatic carbocycles. The van der Waals surface area contributed by atoms with Crippen LogP contribution in [-0.4, -0.2) is 28.1 Å². The zero-order valence-corrected chi connectivity index (χ0v) is 14.9. The Morgan fingerprint density at radius 1 is 1.33 bits per heavy atom. The first-order valence-electron chi connectivity index (χ1n) is 8.79. The summed E-state index contributed by atoms with van der Waals surface area (Å²) in [5.41, 5.74) is 0.675. The van der Waals surface area contributed by atoms with Crippen molar-refractivity contribution in [1.29, 1.82) is 5.26 Å². The summed E-state index contributed by atoms with van der Waals surface area (Å²) >= 11 is 0. The summed E-state index contributed by atoms with van der Waals surface area (Å²) in [6.45, 7) is 1.67. The molecule has 3 rings (SSSR count). The minimum absolute atomic E-state index is 0.0386. The summed E-state index contributed by atoms with van der Waals surface area (Å²) in [6.07, 6.45) is 4.08. The van der Waals surface area contributed by atoms with Crippen LogP contribution in [0.1, 0.15) is 47.3 Å². The Balaban J connectivity index is 1.52. The van der Waals surface area contributed by atoms with E-state index in [9.17, 15) is 14.3 Å². The summed E-state index contributed by atoms with van der Waals surface area (Å²) in [4.78, 5) is 16.2. The first-order chi connectivity index (χ1) is 13.0. The van der Waals surface area contributed by atoms with E-state index in [1.54, 1.807) is 13.0 Å². The lowest BCUT2D eigenvalue weighted by molar-refractivity contribution is 0.0889. The Kier molecular flexibility index (Phi) is 5.55. The molecule has 1 aromatic carbocycles. The van der Waals surface area contributed by atoms with Gasteiger partial charge in [-0.2, -0.15) is 5.26 Å². The number of nitrogens with zero attached hydrogens (tertiary/aromatic N) is 2. The number of aromatic hydroxyl groups is 1. The predicted molar refractivity (Wildman–Crippen MR) is 95.9 cm³/mol. The van der Waals surface area contributed by atoms with E-state index >= 15 is 0 Å². The number of phenols is 1. The normalized spacial score (nSPS) is 19.1. The molecule has 1 fully saturated rings. The average molecular weight is 369 g/mol. The lowest BCUT2D eigenvalue weighted by Gasteiger charge is -2.29. The number of pyridine rings is 1. The number of nitriles is 1. The molecule has 1 heterocycles.